The van der Waals surface area contributed by atoms with E-state index in [2.05, 4.69) is 29.0 Å². The maximum Gasteiger partial charge on any atom is 0.248 e. The fraction of sp³-hybridized carbons (Fsp3) is 0.300. The van der Waals surface area contributed by atoms with Crippen LogP contribution in [0.3, 0.4) is 0 Å². The summed E-state index contributed by atoms with van der Waals surface area (Å²) in [6, 6.07) is 9.33. The minimum absolute atomic E-state index is 0.0647. The first-order valence-electron chi connectivity index (χ1n) is 8.63. The molecule has 1 saturated heterocycles. The molecule has 6 nitrogen and oxygen atoms in total. The van der Waals surface area contributed by atoms with E-state index in [0.717, 1.165) is 24.5 Å². The minimum atomic E-state index is -0.241. The first kappa shape index (κ1) is 17.9. The molecule has 6 heteroatoms. The number of morpholine rings is 1. The molecule has 0 unspecified atom stereocenters. The third-order valence-corrected chi connectivity index (χ3v) is 4.09. The van der Waals surface area contributed by atoms with Crippen LogP contribution in [-0.2, 0) is 9.53 Å². The lowest BCUT2D eigenvalue weighted by atomic mass is 10.2. The van der Waals surface area contributed by atoms with Crippen LogP contribution >= 0.6 is 0 Å². The Balaban J connectivity index is 1.59. The van der Waals surface area contributed by atoms with Gasteiger partial charge in [-0.15, -0.1) is 0 Å². The van der Waals surface area contributed by atoms with Crippen molar-refractivity contribution in [2.24, 2.45) is 0 Å². The first-order valence-corrected chi connectivity index (χ1v) is 8.63. The molecule has 2 heterocycles. The average Bonchev–Trinajstić information content (AvgIpc) is 2.60. The molecule has 136 valence electrons. The molecule has 1 amide bonds. The van der Waals surface area contributed by atoms with Crippen LogP contribution in [0.5, 0.6) is 5.75 Å². The van der Waals surface area contributed by atoms with Crippen LogP contribution in [-0.4, -0.2) is 41.3 Å². The number of carbonyl (C=O) groups is 1. The molecular weight excluding hydrogens is 330 g/mol. The van der Waals surface area contributed by atoms with Gasteiger partial charge in [0.1, 0.15) is 5.75 Å². The van der Waals surface area contributed by atoms with Gasteiger partial charge in [-0.05, 0) is 55.8 Å². The maximum atomic E-state index is 12.0. The summed E-state index contributed by atoms with van der Waals surface area (Å²) in [6.07, 6.45) is 6.34. The molecule has 0 aliphatic carbocycles. The van der Waals surface area contributed by atoms with Gasteiger partial charge in [-0.3, -0.25) is 9.78 Å². The van der Waals surface area contributed by atoms with Crippen molar-refractivity contribution in [3.63, 3.8) is 0 Å². The monoisotopic (exact) mass is 353 g/mol. The van der Waals surface area contributed by atoms with E-state index in [0.29, 0.717) is 5.56 Å². The van der Waals surface area contributed by atoms with Gasteiger partial charge in [0, 0.05) is 36.7 Å². The number of carbonyl (C=O) groups excluding carboxylic acids is 1. The van der Waals surface area contributed by atoms with Crippen molar-refractivity contribution in [1.29, 1.82) is 0 Å². The zero-order valence-electron chi connectivity index (χ0n) is 14.9. The number of amides is 1. The van der Waals surface area contributed by atoms with E-state index < -0.39 is 0 Å². The van der Waals surface area contributed by atoms with Gasteiger partial charge in [-0.2, -0.15) is 0 Å². The summed E-state index contributed by atoms with van der Waals surface area (Å²) >= 11 is 0. The summed E-state index contributed by atoms with van der Waals surface area (Å²) in [5.41, 5.74) is 2.50. The van der Waals surface area contributed by atoms with Crippen molar-refractivity contribution in [1.82, 2.24) is 4.98 Å². The normalized spacial score (nSPS) is 20.3. The first-order chi connectivity index (χ1) is 12.5. The molecule has 0 saturated carbocycles. The predicted octanol–water partition coefficient (Wildman–Crippen LogP) is 3.05. The van der Waals surface area contributed by atoms with E-state index in [1.54, 1.807) is 12.3 Å². The quantitative estimate of drug-likeness (QED) is 0.827. The molecule has 3 rings (SSSR count). The number of hydrogen-bond acceptors (Lipinski definition) is 5. The Morgan fingerprint density at radius 2 is 1.92 bits per heavy atom. The Morgan fingerprint density at radius 3 is 2.58 bits per heavy atom. The molecule has 0 radical (unpaired) electrons. The summed E-state index contributed by atoms with van der Waals surface area (Å²) in [7, 11) is 0. The Hall–Kier alpha value is -2.86. The number of rotatable bonds is 4. The van der Waals surface area contributed by atoms with Crippen molar-refractivity contribution >= 4 is 23.4 Å². The third-order valence-electron chi connectivity index (χ3n) is 4.09. The second kappa shape index (κ2) is 8.01. The summed E-state index contributed by atoms with van der Waals surface area (Å²) in [6.45, 7) is 5.87. The number of hydrogen-bond donors (Lipinski definition) is 2. The zero-order valence-corrected chi connectivity index (χ0v) is 14.9. The lowest BCUT2D eigenvalue weighted by molar-refractivity contribution is -0.111. The van der Waals surface area contributed by atoms with Crippen LogP contribution in [0.1, 0.15) is 19.4 Å². The molecule has 0 bridgehead atoms. The van der Waals surface area contributed by atoms with Crippen LogP contribution in [0.15, 0.2) is 48.8 Å². The standard InChI is InChI=1S/C20H23N3O3/c1-14-12-23(13-15(2)26-14)18-6-4-17(5-7-18)22-20(25)8-3-16-9-19(24)11-21-10-16/h3-11,14-15,24H,12-13H2,1-2H3,(H,22,25)/b8-3+/t14-,15+. The molecule has 2 atom stereocenters. The van der Waals surface area contributed by atoms with Crippen molar-refractivity contribution in [3.05, 3.63) is 54.4 Å². The number of aromatic hydroxyl groups is 1. The summed E-state index contributed by atoms with van der Waals surface area (Å²) in [5.74, 6) is -0.176. The van der Waals surface area contributed by atoms with E-state index in [-0.39, 0.29) is 23.9 Å². The largest absolute Gasteiger partial charge is 0.506 e. The number of nitrogens with one attached hydrogen (secondary N) is 1. The van der Waals surface area contributed by atoms with Crippen LogP contribution in [0.25, 0.3) is 6.08 Å². The van der Waals surface area contributed by atoms with E-state index in [1.165, 1.54) is 18.3 Å². The SMILES string of the molecule is C[C@@H]1CN(c2ccc(NC(=O)/C=C/c3cncc(O)c3)cc2)C[C@H](C)O1. The van der Waals surface area contributed by atoms with Crippen LogP contribution in [0, 0.1) is 0 Å². The lowest BCUT2D eigenvalue weighted by Gasteiger charge is -2.36. The predicted molar refractivity (Wildman–Crippen MR) is 102 cm³/mol. The molecule has 26 heavy (non-hydrogen) atoms. The molecule has 1 aromatic carbocycles. The highest BCUT2D eigenvalue weighted by Crippen LogP contribution is 2.22. The molecule has 1 aromatic heterocycles. The third kappa shape index (κ3) is 4.83. The summed E-state index contributed by atoms with van der Waals surface area (Å²) in [4.78, 5) is 18.2. The van der Waals surface area contributed by atoms with Crippen LogP contribution in [0.4, 0.5) is 11.4 Å². The highest BCUT2D eigenvalue weighted by atomic mass is 16.5. The maximum absolute atomic E-state index is 12.0. The minimum Gasteiger partial charge on any atom is -0.506 e. The molecule has 1 fully saturated rings. The van der Waals surface area contributed by atoms with E-state index >= 15 is 0 Å². The molecular formula is C20H23N3O3. The number of benzene rings is 1. The molecule has 2 N–H and O–H groups in total. The summed E-state index contributed by atoms with van der Waals surface area (Å²) in [5, 5.41) is 12.2. The van der Waals surface area contributed by atoms with Crippen LogP contribution in [0.2, 0.25) is 0 Å². The van der Waals surface area contributed by atoms with E-state index in [1.807, 2.05) is 24.3 Å². The van der Waals surface area contributed by atoms with Crippen molar-refractivity contribution in [2.75, 3.05) is 23.3 Å². The van der Waals surface area contributed by atoms with Gasteiger partial charge in [0.05, 0.1) is 18.4 Å². The zero-order chi connectivity index (χ0) is 18.5. The van der Waals surface area contributed by atoms with Gasteiger partial charge >= 0.3 is 0 Å². The van der Waals surface area contributed by atoms with Crippen molar-refractivity contribution in [2.45, 2.75) is 26.1 Å². The highest BCUT2D eigenvalue weighted by Gasteiger charge is 2.22. The second-order valence-electron chi connectivity index (χ2n) is 6.51. The Morgan fingerprint density at radius 1 is 1.23 bits per heavy atom. The lowest BCUT2D eigenvalue weighted by Crippen LogP contribution is -2.45. The fourth-order valence-electron chi connectivity index (χ4n) is 3.04. The topological polar surface area (TPSA) is 74.7 Å². The van der Waals surface area contributed by atoms with Crippen molar-refractivity contribution < 1.29 is 14.6 Å². The molecule has 1 aliphatic heterocycles. The molecule has 1 aliphatic rings. The van der Waals surface area contributed by atoms with E-state index in [4.69, 9.17) is 4.74 Å². The van der Waals surface area contributed by atoms with Gasteiger partial charge in [-0.1, -0.05) is 0 Å². The fourth-order valence-corrected chi connectivity index (χ4v) is 3.04. The molecule has 0 spiro atoms. The van der Waals surface area contributed by atoms with Gasteiger partial charge in [0.15, 0.2) is 0 Å². The van der Waals surface area contributed by atoms with Crippen molar-refractivity contribution in [3.8, 4) is 5.75 Å². The Bertz CT molecular complexity index is 779. The van der Waals surface area contributed by atoms with E-state index in [9.17, 15) is 9.90 Å². The Kier molecular flexibility index (Phi) is 5.53. The number of nitrogens with zero attached hydrogens (tertiary/aromatic N) is 2. The average molecular weight is 353 g/mol. The van der Waals surface area contributed by atoms with Gasteiger partial charge in [0.25, 0.3) is 0 Å². The summed E-state index contributed by atoms with van der Waals surface area (Å²) < 4.78 is 5.76. The molecule has 2 aromatic rings. The number of pyridine rings is 1. The van der Waals surface area contributed by atoms with Gasteiger partial charge in [0.2, 0.25) is 5.91 Å². The van der Waals surface area contributed by atoms with Gasteiger partial charge in [-0.25, -0.2) is 0 Å². The highest BCUT2D eigenvalue weighted by molar-refractivity contribution is 6.02. The smallest absolute Gasteiger partial charge is 0.248 e. The number of anilines is 2. The van der Waals surface area contributed by atoms with Crippen LogP contribution < -0.4 is 10.2 Å². The number of aromatic nitrogens is 1. The Labute approximate surface area is 153 Å². The number of ether oxygens (including phenoxy) is 1. The van der Waals surface area contributed by atoms with Gasteiger partial charge < -0.3 is 20.1 Å². The second-order valence-corrected chi connectivity index (χ2v) is 6.51.